The van der Waals surface area contributed by atoms with Crippen LogP contribution in [-0.2, 0) is 4.79 Å². The van der Waals surface area contributed by atoms with Crippen molar-refractivity contribution in [3.8, 4) is 0 Å². The fraction of sp³-hybridized carbons (Fsp3) is 0.923. The minimum Gasteiger partial charge on any atom is -0.355 e. The Morgan fingerprint density at radius 2 is 1.88 bits per heavy atom. The minimum atomic E-state index is -0.130. The first-order chi connectivity index (χ1) is 7.60. The second-order valence-electron chi connectivity index (χ2n) is 5.85. The van der Waals surface area contributed by atoms with E-state index in [-0.39, 0.29) is 11.3 Å². The number of nitrogens with one attached hydrogen (secondary N) is 2. The van der Waals surface area contributed by atoms with E-state index < -0.39 is 0 Å². The molecular weight excluding hydrogens is 200 g/mol. The zero-order chi connectivity index (χ0) is 11.6. The number of hydrogen-bond acceptors (Lipinski definition) is 2. The molecule has 1 saturated heterocycles. The highest BCUT2D eigenvalue weighted by atomic mass is 16.2. The normalized spacial score (nSPS) is 26.1. The maximum Gasteiger partial charge on any atom is 0.226 e. The minimum absolute atomic E-state index is 0.130. The topological polar surface area (TPSA) is 41.1 Å². The van der Waals surface area contributed by atoms with Crippen LogP contribution in [0.15, 0.2) is 0 Å². The van der Waals surface area contributed by atoms with Gasteiger partial charge in [-0.3, -0.25) is 4.79 Å². The van der Waals surface area contributed by atoms with E-state index >= 15 is 0 Å². The molecule has 0 atom stereocenters. The molecule has 1 saturated carbocycles. The molecule has 1 amide bonds. The molecule has 0 aromatic rings. The average molecular weight is 224 g/mol. The highest BCUT2D eigenvalue weighted by Gasteiger charge is 2.42. The smallest absolute Gasteiger partial charge is 0.226 e. The number of amides is 1. The average Bonchev–Trinajstić information content (AvgIpc) is 3.07. The Morgan fingerprint density at radius 3 is 2.38 bits per heavy atom. The number of rotatable bonds is 4. The van der Waals surface area contributed by atoms with Gasteiger partial charge in [0, 0.05) is 12.0 Å². The lowest BCUT2D eigenvalue weighted by molar-refractivity contribution is -0.131. The van der Waals surface area contributed by atoms with Crippen molar-refractivity contribution >= 4 is 5.91 Å². The van der Waals surface area contributed by atoms with E-state index in [9.17, 15) is 4.79 Å². The van der Waals surface area contributed by atoms with Gasteiger partial charge in [-0.25, -0.2) is 0 Å². The zero-order valence-corrected chi connectivity index (χ0v) is 10.6. The number of hydrogen-bond donors (Lipinski definition) is 2. The molecule has 1 heterocycles. The van der Waals surface area contributed by atoms with E-state index in [1.165, 1.54) is 19.3 Å². The molecule has 0 aromatic heterocycles. The highest BCUT2D eigenvalue weighted by molar-refractivity contribution is 5.82. The first kappa shape index (κ1) is 11.9. The SMILES string of the molecule is CCC1(CNC(=O)C2(C)CCNCC2)CC1. The Kier molecular flexibility index (Phi) is 3.24. The van der Waals surface area contributed by atoms with Crippen LogP contribution < -0.4 is 10.6 Å². The molecule has 0 aromatic carbocycles. The summed E-state index contributed by atoms with van der Waals surface area (Å²) in [7, 11) is 0. The molecule has 0 spiro atoms. The Hall–Kier alpha value is -0.570. The predicted molar refractivity (Wildman–Crippen MR) is 65.2 cm³/mol. The lowest BCUT2D eigenvalue weighted by Gasteiger charge is -2.33. The van der Waals surface area contributed by atoms with Gasteiger partial charge in [-0.15, -0.1) is 0 Å². The summed E-state index contributed by atoms with van der Waals surface area (Å²) in [5.74, 6) is 0.272. The van der Waals surface area contributed by atoms with Gasteiger partial charge in [-0.1, -0.05) is 13.8 Å². The molecule has 3 nitrogen and oxygen atoms in total. The van der Waals surface area contributed by atoms with Crippen molar-refractivity contribution in [2.75, 3.05) is 19.6 Å². The van der Waals surface area contributed by atoms with E-state index in [4.69, 9.17) is 0 Å². The molecule has 3 heteroatoms. The van der Waals surface area contributed by atoms with Crippen LogP contribution in [0.5, 0.6) is 0 Å². The van der Waals surface area contributed by atoms with Crippen molar-refractivity contribution in [3.63, 3.8) is 0 Å². The molecule has 2 N–H and O–H groups in total. The van der Waals surface area contributed by atoms with Gasteiger partial charge in [0.05, 0.1) is 0 Å². The molecule has 16 heavy (non-hydrogen) atoms. The van der Waals surface area contributed by atoms with Crippen LogP contribution in [0.3, 0.4) is 0 Å². The first-order valence-corrected chi connectivity index (χ1v) is 6.59. The van der Waals surface area contributed by atoms with Crippen LogP contribution in [-0.4, -0.2) is 25.5 Å². The first-order valence-electron chi connectivity index (χ1n) is 6.59. The van der Waals surface area contributed by atoms with Gasteiger partial charge in [0.15, 0.2) is 0 Å². The van der Waals surface area contributed by atoms with Gasteiger partial charge in [0.2, 0.25) is 5.91 Å². The van der Waals surface area contributed by atoms with Crippen LogP contribution in [0.25, 0.3) is 0 Å². The van der Waals surface area contributed by atoms with Crippen LogP contribution in [0.1, 0.15) is 46.0 Å². The van der Waals surface area contributed by atoms with Crippen LogP contribution in [0.4, 0.5) is 0 Å². The fourth-order valence-corrected chi connectivity index (χ4v) is 2.52. The van der Waals surface area contributed by atoms with Gasteiger partial charge in [-0.2, -0.15) is 0 Å². The number of carbonyl (C=O) groups excluding carboxylic acids is 1. The highest BCUT2D eigenvalue weighted by Crippen LogP contribution is 2.48. The monoisotopic (exact) mass is 224 g/mol. The van der Waals surface area contributed by atoms with E-state index in [1.54, 1.807) is 0 Å². The molecule has 2 aliphatic rings. The Balaban J connectivity index is 1.82. The van der Waals surface area contributed by atoms with Crippen molar-refractivity contribution in [3.05, 3.63) is 0 Å². The maximum atomic E-state index is 12.2. The maximum absolute atomic E-state index is 12.2. The third kappa shape index (κ3) is 2.40. The van der Waals surface area contributed by atoms with Crippen molar-refractivity contribution < 1.29 is 4.79 Å². The van der Waals surface area contributed by atoms with Gasteiger partial charge >= 0.3 is 0 Å². The van der Waals surface area contributed by atoms with Crippen molar-refractivity contribution in [1.29, 1.82) is 0 Å². The molecule has 2 fully saturated rings. The second-order valence-corrected chi connectivity index (χ2v) is 5.85. The zero-order valence-electron chi connectivity index (χ0n) is 10.6. The summed E-state index contributed by atoms with van der Waals surface area (Å²) in [5.41, 5.74) is 0.327. The van der Waals surface area contributed by atoms with Crippen LogP contribution in [0, 0.1) is 10.8 Å². The Bertz CT molecular complexity index is 265. The number of piperidine rings is 1. The third-order valence-electron chi connectivity index (χ3n) is 4.59. The molecule has 0 unspecified atom stereocenters. The van der Waals surface area contributed by atoms with E-state index in [2.05, 4.69) is 24.5 Å². The summed E-state index contributed by atoms with van der Waals surface area (Å²) in [6.07, 6.45) is 5.73. The largest absolute Gasteiger partial charge is 0.355 e. The number of carbonyl (C=O) groups is 1. The van der Waals surface area contributed by atoms with Gasteiger partial charge in [0.25, 0.3) is 0 Å². The summed E-state index contributed by atoms with van der Waals surface area (Å²) >= 11 is 0. The molecule has 1 aliphatic heterocycles. The molecule has 0 bridgehead atoms. The second kappa shape index (κ2) is 4.36. The van der Waals surface area contributed by atoms with E-state index in [0.717, 1.165) is 32.5 Å². The lowest BCUT2D eigenvalue weighted by Crippen LogP contribution is -2.47. The molecular formula is C13H24N2O. The summed E-state index contributed by atoms with van der Waals surface area (Å²) in [4.78, 5) is 12.2. The molecule has 92 valence electrons. The van der Waals surface area contributed by atoms with Crippen LogP contribution in [0.2, 0.25) is 0 Å². The van der Waals surface area contributed by atoms with Gasteiger partial charge in [0.1, 0.15) is 0 Å². The van der Waals surface area contributed by atoms with E-state index in [1.807, 2.05) is 0 Å². The summed E-state index contributed by atoms with van der Waals surface area (Å²) in [6.45, 7) is 7.18. The fourth-order valence-electron chi connectivity index (χ4n) is 2.52. The predicted octanol–water partition coefficient (Wildman–Crippen LogP) is 1.68. The molecule has 2 rings (SSSR count). The Labute approximate surface area is 98.4 Å². The summed E-state index contributed by atoms with van der Waals surface area (Å²) in [5, 5.41) is 6.49. The van der Waals surface area contributed by atoms with Crippen molar-refractivity contribution in [2.24, 2.45) is 10.8 Å². The summed E-state index contributed by atoms with van der Waals surface area (Å²) < 4.78 is 0. The van der Waals surface area contributed by atoms with Crippen LogP contribution >= 0.6 is 0 Å². The standard InChI is InChI=1S/C13H24N2O/c1-3-13(4-5-13)10-15-11(16)12(2)6-8-14-9-7-12/h14H,3-10H2,1-2H3,(H,15,16). The third-order valence-corrected chi connectivity index (χ3v) is 4.59. The molecule has 0 radical (unpaired) electrons. The van der Waals surface area contributed by atoms with Gasteiger partial charge in [-0.05, 0) is 50.6 Å². The van der Waals surface area contributed by atoms with E-state index in [0.29, 0.717) is 5.41 Å². The summed E-state index contributed by atoms with van der Waals surface area (Å²) in [6, 6.07) is 0. The van der Waals surface area contributed by atoms with Crippen molar-refractivity contribution in [1.82, 2.24) is 10.6 Å². The van der Waals surface area contributed by atoms with Gasteiger partial charge < -0.3 is 10.6 Å². The lowest BCUT2D eigenvalue weighted by atomic mass is 9.80. The van der Waals surface area contributed by atoms with Crippen molar-refractivity contribution in [2.45, 2.75) is 46.0 Å². The molecule has 1 aliphatic carbocycles. The Morgan fingerprint density at radius 1 is 1.25 bits per heavy atom. The quantitative estimate of drug-likeness (QED) is 0.763.